The normalized spacial score (nSPS) is 13.3. The number of fused-ring (bicyclic) bond motifs is 2. The van der Waals surface area contributed by atoms with Crippen molar-refractivity contribution in [2.75, 3.05) is 0 Å². The first-order valence-corrected chi connectivity index (χ1v) is 6.49. The van der Waals surface area contributed by atoms with Gasteiger partial charge in [0.2, 0.25) is 0 Å². The summed E-state index contributed by atoms with van der Waals surface area (Å²) < 4.78 is 5.16. The first-order chi connectivity index (χ1) is 9.84. The average Bonchev–Trinajstić information content (AvgIpc) is 2.87. The molecule has 3 nitrogen and oxygen atoms in total. The summed E-state index contributed by atoms with van der Waals surface area (Å²) in [4.78, 5) is 16.6. The van der Waals surface area contributed by atoms with Crippen LogP contribution in [0.2, 0.25) is 0 Å². The van der Waals surface area contributed by atoms with Gasteiger partial charge in [0, 0.05) is 10.9 Å². The molecule has 4 rings (SSSR count). The van der Waals surface area contributed by atoms with Crippen LogP contribution in [0.4, 0.5) is 0 Å². The highest BCUT2D eigenvalue weighted by Gasteiger charge is 2.28. The van der Waals surface area contributed by atoms with Crippen LogP contribution in [-0.2, 0) is 11.3 Å². The second-order valence-corrected chi connectivity index (χ2v) is 4.77. The second-order valence-electron chi connectivity index (χ2n) is 4.77. The van der Waals surface area contributed by atoms with Crippen molar-refractivity contribution in [1.29, 1.82) is 0 Å². The predicted molar refractivity (Wildman–Crippen MR) is 76.3 cm³/mol. The Kier molecular flexibility index (Phi) is 2.33. The maximum atomic E-state index is 12.0. The molecule has 0 aliphatic carbocycles. The molecule has 2 heterocycles. The lowest BCUT2D eigenvalue weighted by atomic mass is 9.95. The Labute approximate surface area is 115 Å². The van der Waals surface area contributed by atoms with Gasteiger partial charge in [-0.1, -0.05) is 48.5 Å². The highest BCUT2D eigenvalue weighted by atomic mass is 16.5. The lowest BCUT2D eigenvalue weighted by Gasteiger charge is -2.10. The van der Waals surface area contributed by atoms with E-state index in [-0.39, 0.29) is 12.6 Å². The summed E-state index contributed by atoms with van der Waals surface area (Å²) in [5, 5.41) is 0.983. The molecule has 0 atom stereocenters. The Hall–Kier alpha value is -2.68. The van der Waals surface area contributed by atoms with Crippen molar-refractivity contribution in [3.05, 3.63) is 65.9 Å². The lowest BCUT2D eigenvalue weighted by molar-refractivity contribution is 0.0534. The molecule has 0 radical (unpaired) electrons. The van der Waals surface area contributed by atoms with E-state index in [9.17, 15) is 4.79 Å². The average molecular weight is 261 g/mol. The van der Waals surface area contributed by atoms with E-state index in [1.807, 2.05) is 54.6 Å². The minimum Gasteiger partial charge on any atom is -0.455 e. The highest BCUT2D eigenvalue weighted by molar-refractivity contribution is 6.08. The molecule has 0 bridgehead atoms. The second kappa shape index (κ2) is 4.17. The van der Waals surface area contributed by atoms with E-state index in [0.29, 0.717) is 5.56 Å². The lowest BCUT2D eigenvalue weighted by Crippen LogP contribution is -2.00. The van der Waals surface area contributed by atoms with E-state index in [2.05, 4.69) is 4.98 Å². The fraction of sp³-hybridized carbons (Fsp3) is 0.0588. The van der Waals surface area contributed by atoms with Crippen LogP contribution in [-0.4, -0.2) is 11.0 Å². The Bertz CT molecular complexity index is 825. The fourth-order valence-electron chi connectivity index (χ4n) is 2.70. The van der Waals surface area contributed by atoms with Crippen LogP contribution in [0.15, 0.2) is 54.6 Å². The van der Waals surface area contributed by atoms with Crippen molar-refractivity contribution >= 4 is 16.9 Å². The van der Waals surface area contributed by atoms with Crippen molar-refractivity contribution in [2.24, 2.45) is 0 Å². The van der Waals surface area contributed by atoms with Crippen molar-refractivity contribution in [2.45, 2.75) is 6.61 Å². The van der Waals surface area contributed by atoms with Gasteiger partial charge in [-0.3, -0.25) is 0 Å². The number of aromatic nitrogens is 1. The maximum absolute atomic E-state index is 12.0. The number of hydrogen-bond acceptors (Lipinski definition) is 3. The molecular formula is C17H11NO2. The molecule has 3 heteroatoms. The number of ether oxygens (including phenoxy) is 1. The van der Waals surface area contributed by atoms with Crippen molar-refractivity contribution < 1.29 is 9.53 Å². The van der Waals surface area contributed by atoms with Gasteiger partial charge in [-0.2, -0.15) is 0 Å². The Balaban J connectivity index is 2.17. The van der Waals surface area contributed by atoms with E-state index < -0.39 is 0 Å². The summed E-state index contributed by atoms with van der Waals surface area (Å²) in [6.45, 7) is 0.263. The molecular weight excluding hydrogens is 250 g/mol. The third-order valence-corrected chi connectivity index (χ3v) is 3.57. The number of nitrogens with zero attached hydrogens (tertiary/aromatic N) is 1. The molecule has 20 heavy (non-hydrogen) atoms. The van der Waals surface area contributed by atoms with Crippen LogP contribution in [0.5, 0.6) is 0 Å². The van der Waals surface area contributed by atoms with Crippen molar-refractivity contribution in [1.82, 2.24) is 4.98 Å². The number of pyridine rings is 1. The number of hydrogen-bond donors (Lipinski definition) is 0. The van der Waals surface area contributed by atoms with Crippen LogP contribution in [0.1, 0.15) is 16.1 Å². The molecule has 0 N–H and O–H groups in total. The third kappa shape index (κ3) is 1.53. The van der Waals surface area contributed by atoms with Crippen LogP contribution >= 0.6 is 0 Å². The van der Waals surface area contributed by atoms with E-state index in [1.165, 1.54) is 0 Å². The molecule has 2 aromatic carbocycles. The van der Waals surface area contributed by atoms with Crippen molar-refractivity contribution in [3.63, 3.8) is 0 Å². The quantitative estimate of drug-likeness (QED) is 0.628. The third-order valence-electron chi connectivity index (χ3n) is 3.57. The molecule has 1 aromatic heterocycles. The van der Waals surface area contributed by atoms with E-state index in [0.717, 1.165) is 27.7 Å². The molecule has 1 aliphatic rings. The first kappa shape index (κ1) is 11.2. The number of para-hydroxylation sites is 1. The molecule has 0 fully saturated rings. The molecule has 0 saturated heterocycles. The summed E-state index contributed by atoms with van der Waals surface area (Å²) in [5.41, 5.74) is 4.17. The molecule has 0 saturated carbocycles. The van der Waals surface area contributed by atoms with Crippen molar-refractivity contribution in [3.8, 4) is 11.1 Å². The largest absolute Gasteiger partial charge is 0.455 e. The number of carbonyl (C=O) groups is 1. The number of carbonyl (C=O) groups excluding carboxylic acids is 1. The van der Waals surface area contributed by atoms with Gasteiger partial charge in [0.25, 0.3) is 0 Å². The SMILES string of the molecule is O=C1OCc2nc3ccccc3c(-c3ccccc3)c21. The topological polar surface area (TPSA) is 39.2 Å². The molecule has 3 aromatic rings. The van der Waals surface area contributed by atoms with Gasteiger partial charge in [-0.25, -0.2) is 9.78 Å². The van der Waals surface area contributed by atoms with Gasteiger partial charge in [0.05, 0.1) is 16.8 Å². The highest BCUT2D eigenvalue weighted by Crippen LogP contribution is 2.36. The Morgan fingerprint density at radius 1 is 0.900 bits per heavy atom. The van der Waals surface area contributed by atoms with Gasteiger partial charge in [-0.05, 0) is 11.6 Å². The van der Waals surface area contributed by atoms with Gasteiger partial charge in [0.1, 0.15) is 6.61 Å². The molecule has 0 unspecified atom stereocenters. The standard InChI is InChI=1S/C17H11NO2/c19-17-16-14(10-20-17)18-13-9-5-4-8-12(13)15(16)11-6-2-1-3-7-11/h1-9H,10H2. The van der Waals surface area contributed by atoms with Crippen LogP contribution < -0.4 is 0 Å². The molecule has 96 valence electrons. The minimum atomic E-state index is -0.280. The molecule has 0 amide bonds. The monoisotopic (exact) mass is 261 g/mol. The Morgan fingerprint density at radius 3 is 2.50 bits per heavy atom. The van der Waals surface area contributed by atoms with E-state index >= 15 is 0 Å². The number of cyclic esters (lactones) is 1. The fourth-order valence-corrected chi connectivity index (χ4v) is 2.70. The zero-order valence-corrected chi connectivity index (χ0v) is 10.7. The van der Waals surface area contributed by atoms with Crippen LogP contribution in [0.25, 0.3) is 22.0 Å². The number of benzene rings is 2. The van der Waals surface area contributed by atoms with E-state index in [4.69, 9.17) is 4.74 Å². The number of rotatable bonds is 1. The zero-order valence-electron chi connectivity index (χ0n) is 10.7. The summed E-state index contributed by atoms with van der Waals surface area (Å²) in [7, 11) is 0. The summed E-state index contributed by atoms with van der Waals surface area (Å²) in [5.74, 6) is -0.280. The number of esters is 1. The van der Waals surface area contributed by atoms with Crippen LogP contribution in [0.3, 0.4) is 0 Å². The van der Waals surface area contributed by atoms with Gasteiger partial charge in [-0.15, -0.1) is 0 Å². The summed E-state index contributed by atoms with van der Waals surface area (Å²) >= 11 is 0. The molecule has 1 aliphatic heterocycles. The van der Waals surface area contributed by atoms with Gasteiger partial charge >= 0.3 is 5.97 Å². The zero-order chi connectivity index (χ0) is 13.5. The van der Waals surface area contributed by atoms with E-state index in [1.54, 1.807) is 0 Å². The first-order valence-electron chi connectivity index (χ1n) is 6.49. The smallest absolute Gasteiger partial charge is 0.341 e. The van der Waals surface area contributed by atoms with Gasteiger partial charge in [0.15, 0.2) is 0 Å². The van der Waals surface area contributed by atoms with Gasteiger partial charge < -0.3 is 4.74 Å². The van der Waals surface area contributed by atoms with Crippen LogP contribution in [0, 0.1) is 0 Å². The predicted octanol–water partition coefficient (Wildman–Crippen LogP) is 3.57. The maximum Gasteiger partial charge on any atom is 0.341 e. The Morgan fingerprint density at radius 2 is 1.65 bits per heavy atom. The minimum absolute atomic E-state index is 0.263. The summed E-state index contributed by atoms with van der Waals surface area (Å²) in [6.07, 6.45) is 0. The summed E-state index contributed by atoms with van der Waals surface area (Å²) in [6, 6.07) is 17.8. The molecule has 0 spiro atoms.